The first-order valence-electron chi connectivity index (χ1n) is 13.5. The van der Waals surface area contributed by atoms with E-state index in [2.05, 4.69) is 114 Å². The Morgan fingerprint density at radius 3 is 1.73 bits per heavy atom. The Balaban J connectivity index is 1.39. The Labute approximate surface area is 234 Å². The van der Waals surface area contributed by atoms with Crippen LogP contribution in [0.15, 0.2) is 127 Å². The van der Waals surface area contributed by atoms with Gasteiger partial charge in [0.15, 0.2) is 0 Å². The number of aromatic nitrogens is 2. The van der Waals surface area contributed by atoms with Crippen molar-refractivity contribution < 1.29 is 0 Å². The van der Waals surface area contributed by atoms with Crippen LogP contribution in [0.1, 0.15) is 0 Å². The smallest absolute Gasteiger partial charge is 0.146 e. The fourth-order valence-corrected chi connectivity index (χ4v) is 6.77. The van der Waals surface area contributed by atoms with Crippen molar-refractivity contribution in [3.05, 3.63) is 132 Å². The number of hydrogen-bond acceptors (Lipinski definition) is 1. The number of halogens is 1. The molecule has 40 heavy (non-hydrogen) atoms. The van der Waals surface area contributed by atoms with Gasteiger partial charge in [0.25, 0.3) is 0 Å². The largest absolute Gasteiger partial charge is 0.292 e. The summed E-state index contributed by atoms with van der Waals surface area (Å²) in [5.41, 5.74) is 6.52. The van der Waals surface area contributed by atoms with Crippen molar-refractivity contribution in [3.8, 4) is 11.1 Å². The van der Waals surface area contributed by atoms with Gasteiger partial charge in [0, 0.05) is 15.8 Å². The molecule has 0 fully saturated rings. The molecule has 2 heterocycles. The zero-order valence-electron chi connectivity index (χ0n) is 21.4. The number of rotatable bonds is 1. The molecule has 9 rings (SSSR count). The molecule has 0 saturated heterocycles. The number of nitrogens with zero attached hydrogens (tertiary/aromatic N) is 2. The number of benzene rings is 7. The summed E-state index contributed by atoms with van der Waals surface area (Å²) in [6.07, 6.45) is 0. The molecule has 3 heteroatoms. The average Bonchev–Trinajstić information content (AvgIpc) is 3.41. The zero-order chi connectivity index (χ0) is 26.4. The maximum Gasteiger partial charge on any atom is 0.146 e. The highest BCUT2D eigenvalue weighted by Crippen LogP contribution is 2.39. The van der Waals surface area contributed by atoms with Gasteiger partial charge < -0.3 is 0 Å². The third kappa shape index (κ3) is 2.97. The van der Waals surface area contributed by atoms with Crippen LogP contribution < -0.4 is 0 Å². The van der Waals surface area contributed by atoms with Gasteiger partial charge in [-0.2, -0.15) is 0 Å². The Kier molecular flexibility index (Phi) is 4.42. The van der Waals surface area contributed by atoms with Crippen molar-refractivity contribution in [1.82, 2.24) is 9.38 Å². The lowest BCUT2D eigenvalue weighted by atomic mass is 9.92. The molecule has 0 radical (unpaired) electrons. The first-order chi connectivity index (χ1) is 19.7. The highest BCUT2D eigenvalue weighted by atomic mass is 35.5. The lowest BCUT2D eigenvalue weighted by molar-refractivity contribution is 1.31. The summed E-state index contributed by atoms with van der Waals surface area (Å²) in [6.45, 7) is 0. The second-order valence-electron chi connectivity index (χ2n) is 10.5. The fourth-order valence-electron chi connectivity index (χ4n) is 6.60. The molecule has 2 aromatic heterocycles. The molecule has 186 valence electrons. The van der Waals surface area contributed by atoms with E-state index in [0.29, 0.717) is 5.02 Å². The topological polar surface area (TPSA) is 17.3 Å². The van der Waals surface area contributed by atoms with Crippen LogP contribution in [0.4, 0.5) is 0 Å². The van der Waals surface area contributed by atoms with E-state index in [4.69, 9.17) is 16.6 Å². The van der Waals surface area contributed by atoms with Gasteiger partial charge in [0.2, 0.25) is 0 Å². The van der Waals surface area contributed by atoms with Crippen molar-refractivity contribution in [2.24, 2.45) is 0 Å². The molecule has 0 unspecified atom stereocenters. The summed E-state index contributed by atoms with van der Waals surface area (Å²) in [5.74, 6) is 0. The molecular formula is C37H21ClN2. The van der Waals surface area contributed by atoms with E-state index in [-0.39, 0.29) is 0 Å². The minimum atomic E-state index is 0.716. The quantitative estimate of drug-likeness (QED) is 0.194. The van der Waals surface area contributed by atoms with E-state index in [1.165, 1.54) is 48.8 Å². The minimum absolute atomic E-state index is 0.716. The molecule has 7 aromatic carbocycles. The van der Waals surface area contributed by atoms with Gasteiger partial charge in [-0.05, 0) is 85.2 Å². The van der Waals surface area contributed by atoms with Crippen LogP contribution in [0.3, 0.4) is 0 Å². The fraction of sp³-hybridized carbons (Fsp3) is 0. The number of para-hydroxylation sites is 2. The lowest BCUT2D eigenvalue weighted by Crippen LogP contribution is -1.92. The molecule has 0 saturated carbocycles. The van der Waals surface area contributed by atoms with Crippen molar-refractivity contribution in [1.29, 1.82) is 0 Å². The number of fused-ring (bicyclic) bond motifs is 14. The van der Waals surface area contributed by atoms with Crippen LogP contribution in [0.5, 0.6) is 0 Å². The summed E-state index contributed by atoms with van der Waals surface area (Å²) >= 11 is 6.46. The maximum atomic E-state index is 6.46. The molecule has 0 spiro atoms. The molecule has 0 aliphatic heterocycles. The summed E-state index contributed by atoms with van der Waals surface area (Å²) in [5, 5.41) is 11.8. The van der Waals surface area contributed by atoms with Gasteiger partial charge in [-0.25, -0.2) is 4.98 Å². The summed E-state index contributed by atoms with van der Waals surface area (Å²) in [7, 11) is 0. The van der Waals surface area contributed by atoms with Gasteiger partial charge in [0.05, 0.1) is 16.6 Å². The third-order valence-corrected chi connectivity index (χ3v) is 8.62. The predicted octanol–water partition coefficient (Wildman–Crippen LogP) is 10.6. The normalized spacial score (nSPS) is 12.1. The highest BCUT2D eigenvalue weighted by Gasteiger charge is 2.15. The van der Waals surface area contributed by atoms with Crippen molar-refractivity contribution in [3.63, 3.8) is 0 Å². The van der Waals surface area contributed by atoms with E-state index in [0.717, 1.165) is 33.0 Å². The Bertz CT molecular complexity index is 2470. The van der Waals surface area contributed by atoms with Crippen LogP contribution in [0, 0.1) is 0 Å². The summed E-state index contributed by atoms with van der Waals surface area (Å²) < 4.78 is 2.29. The number of hydrogen-bond donors (Lipinski definition) is 0. The van der Waals surface area contributed by atoms with Gasteiger partial charge in [-0.3, -0.25) is 4.40 Å². The van der Waals surface area contributed by atoms with Gasteiger partial charge in [-0.15, -0.1) is 0 Å². The molecule has 0 bridgehead atoms. The van der Waals surface area contributed by atoms with Crippen LogP contribution >= 0.6 is 11.6 Å². The minimum Gasteiger partial charge on any atom is -0.292 e. The Morgan fingerprint density at radius 1 is 0.425 bits per heavy atom. The van der Waals surface area contributed by atoms with Crippen LogP contribution in [-0.4, -0.2) is 9.38 Å². The molecular weight excluding hydrogens is 508 g/mol. The second-order valence-corrected chi connectivity index (χ2v) is 11.0. The first-order valence-corrected chi connectivity index (χ1v) is 13.9. The van der Waals surface area contributed by atoms with Crippen LogP contribution in [-0.2, 0) is 0 Å². The molecule has 0 aliphatic rings. The number of imidazole rings is 1. The SMILES string of the molecule is Clc1ccc2c3ccc(-c4ccc5c6ccccc6c6ccccc6c5c4)cc3n3c4ccccc4nc3c2c1. The molecule has 0 amide bonds. The van der Waals surface area contributed by atoms with Gasteiger partial charge in [0.1, 0.15) is 5.65 Å². The van der Waals surface area contributed by atoms with E-state index in [1.807, 2.05) is 18.2 Å². The molecule has 9 aromatic rings. The zero-order valence-corrected chi connectivity index (χ0v) is 22.2. The third-order valence-electron chi connectivity index (χ3n) is 8.39. The van der Waals surface area contributed by atoms with Crippen molar-refractivity contribution in [2.75, 3.05) is 0 Å². The first kappa shape index (κ1) is 22.0. The average molecular weight is 529 g/mol. The monoisotopic (exact) mass is 528 g/mol. The molecule has 0 N–H and O–H groups in total. The molecule has 0 atom stereocenters. The van der Waals surface area contributed by atoms with Gasteiger partial charge >= 0.3 is 0 Å². The standard InChI is InChI=1S/C37H21ClN2/c38-24-15-18-30-31-17-14-23(20-36(31)40-35-12-6-5-11-34(35)39-37(40)33(30)21-24)22-13-16-29-27-9-2-1-7-25(27)26-8-3-4-10-28(26)32(29)19-22/h1-21H. The molecule has 0 aliphatic carbocycles. The number of pyridine rings is 1. The van der Waals surface area contributed by atoms with Crippen molar-refractivity contribution in [2.45, 2.75) is 0 Å². The van der Waals surface area contributed by atoms with E-state index >= 15 is 0 Å². The Morgan fingerprint density at radius 2 is 0.975 bits per heavy atom. The van der Waals surface area contributed by atoms with E-state index in [1.54, 1.807) is 0 Å². The molecule has 2 nitrogen and oxygen atoms in total. The van der Waals surface area contributed by atoms with Crippen LogP contribution in [0.25, 0.3) is 81.8 Å². The second kappa shape index (κ2) is 8.05. The van der Waals surface area contributed by atoms with Gasteiger partial charge in [-0.1, -0.05) is 103 Å². The van der Waals surface area contributed by atoms with E-state index in [9.17, 15) is 0 Å². The Hall–Kier alpha value is -4.92. The van der Waals surface area contributed by atoms with Crippen molar-refractivity contribution >= 4 is 82.3 Å². The predicted molar refractivity (Wildman–Crippen MR) is 171 cm³/mol. The lowest BCUT2D eigenvalue weighted by Gasteiger charge is -2.14. The maximum absolute atomic E-state index is 6.46. The summed E-state index contributed by atoms with van der Waals surface area (Å²) in [4.78, 5) is 5.05. The summed E-state index contributed by atoms with van der Waals surface area (Å²) in [6, 6.07) is 45.6. The highest BCUT2D eigenvalue weighted by molar-refractivity contribution is 6.32. The van der Waals surface area contributed by atoms with Crippen LogP contribution in [0.2, 0.25) is 5.02 Å². The van der Waals surface area contributed by atoms with E-state index < -0.39 is 0 Å².